The van der Waals surface area contributed by atoms with Gasteiger partial charge in [-0.05, 0) is 57.2 Å². The van der Waals surface area contributed by atoms with E-state index >= 15 is 4.39 Å². The number of nitrogens with zero attached hydrogens (tertiary/aromatic N) is 6. The minimum Gasteiger partial charge on any atom is -0.497 e. The van der Waals surface area contributed by atoms with E-state index in [9.17, 15) is 19.1 Å². The number of anilines is 1. The summed E-state index contributed by atoms with van der Waals surface area (Å²) < 4.78 is 61.5. The van der Waals surface area contributed by atoms with Gasteiger partial charge in [-0.2, -0.15) is 9.98 Å². The van der Waals surface area contributed by atoms with Gasteiger partial charge in [0.2, 0.25) is 6.79 Å². The Morgan fingerprint density at radius 2 is 1.84 bits per heavy atom. The highest BCUT2D eigenvalue weighted by Crippen LogP contribution is 2.36. The van der Waals surface area contributed by atoms with Crippen molar-refractivity contribution in [1.29, 1.82) is 0 Å². The number of amidine groups is 1. The summed E-state index contributed by atoms with van der Waals surface area (Å²) >= 11 is 0. The smallest absolute Gasteiger partial charge is 0.497 e. The lowest BCUT2D eigenvalue weighted by Gasteiger charge is -2.21. The van der Waals surface area contributed by atoms with Gasteiger partial charge in [-0.1, -0.05) is 0 Å². The molecule has 51 heavy (non-hydrogen) atoms. The molecular formula is C32H36F2N8O9. The summed E-state index contributed by atoms with van der Waals surface area (Å²) in [7, 11) is 1.38. The molecule has 0 aliphatic rings. The van der Waals surface area contributed by atoms with Gasteiger partial charge in [0.05, 0.1) is 20.3 Å². The van der Waals surface area contributed by atoms with Crippen molar-refractivity contribution in [2.45, 2.75) is 32.4 Å². The molecule has 4 N–H and O–H groups in total. The van der Waals surface area contributed by atoms with Gasteiger partial charge in [-0.15, -0.1) is 9.78 Å². The summed E-state index contributed by atoms with van der Waals surface area (Å²) in [5, 5.41) is 17.0. The molecule has 19 heteroatoms. The lowest BCUT2D eigenvalue weighted by atomic mass is 10.0. The SMILES string of the molecule is CCOC(=O)/N=C(\N)c1ccc(N[C@@H](c2nc(OCOC(=O)OC(C)(C)CF)n(-c3ncccn3)n2)c2cc(OC)cc(OCCO)c2F)cc1. The summed E-state index contributed by atoms with van der Waals surface area (Å²) in [5.74, 6) is -1.05. The van der Waals surface area contributed by atoms with Crippen molar-refractivity contribution < 1.29 is 51.9 Å². The lowest BCUT2D eigenvalue weighted by molar-refractivity contribution is -0.0520. The van der Waals surface area contributed by atoms with E-state index in [1.807, 2.05) is 0 Å². The normalized spacial score (nSPS) is 12.1. The number of carbonyl (C=O) groups excluding carboxylic acids is 2. The van der Waals surface area contributed by atoms with Gasteiger partial charge in [-0.3, -0.25) is 0 Å². The molecule has 0 saturated carbocycles. The van der Waals surface area contributed by atoms with Crippen molar-refractivity contribution in [1.82, 2.24) is 24.7 Å². The number of aromatic nitrogens is 5. The Balaban J connectivity index is 1.77. The number of nitrogens with two attached hydrogens (primary N) is 1. The number of carbonyl (C=O) groups is 2. The highest BCUT2D eigenvalue weighted by atomic mass is 19.1. The monoisotopic (exact) mass is 714 g/mol. The molecule has 0 saturated heterocycles. The largest absolute Gasteiger partial charge is 0.511 e. The maximum absolute atomic E-state index is 16.2. The molecule has 17 nitrogen and oxygen atoms in total. The molecule has 4 rings (SSSR count). The van der Waals surface area contributed by atoms with E-state index in [0.29, 0.717) is 11.3 Å². The summed E-state index contributed by atoms with van der Waals surface area (Å²) in [6, 6.07) is 9.08. The summed E-state index contributed by atoms with van der Waals surface area (Å²) in [4.78, 5) is 40.4. The van der Waals surface area contributed by atoms with Crippen molar-refractivity contribution in [3.8, 4) is 23.5 Å². The molecule has 0 bridgehead atoms. The van der Waals surface area contributed by atoms with Gasteiger partial charge >= 0.3 is 18.3 Å². The number of amides is 1. The van der Waals surface area contributed by atoms with E-state index in [-0.39, 0.29) is 60.5 Å². The maximum Gasteiger partial charge on any atom is 0.511 e. The topological polar surface area (TPSA) is 217 Å². The van der Waals surface area contributed by atoms with E-state index < -0.39 is 43.2 Å². The predicted octanol–water partition coefficient (Wildman–Crippen LogP) is 3.88. The average molecular weight is 715 g/mol. The quantitative estimate of drug-likeness (QED) is 0.0650. The molecule has 1 amide bonds. The van der Waals surface area contributed by atoms with Crippen LogP contribution in [0.5, 0.6) is 17.5 Å². The highest BCUT2D eigenvalue weighted by Gasteiger charge is 2.29. The highest BCUT2D eigenvalue weighted by molar-refractivity contribution is 6.02. The van der Waals surface area contributed by atoms with Gasteiger partial charge in [0.1, 0.15) is 36.5 Å². The van der Waals surface area contributed by atoms with Gasteiger partial charge in [-0.25, -0.2) is 28.3 Å². The zero-order valence-electron chi connectivity index (χ0n) is 28.0. The molecule has 2 aromatic heterocycles. The number of hydrogen-bond donors (Lipinski definition) is 3. The van der Waals surface area contributed by atoms with E-state index in [2.05, 4.69) is 30.4 Å². The Labute approximate surface area is 290 Å². The Bertz CT molecular complexity index is 1810. The van der Waals surface area contributed by atoms with Gasteiger partial charge in [0, 0.05) is 35.3 Å². The molecule has 1 atom stereocenters. The van der Waals surface area contributed by atoms with Crippen LogP contribution in [0, 0.1) is 5.82 Å². The number of aliphatic hydroxyl groups excluding tert-OH is 1. The standard InChI is InChI=1S/C32H36F2N8O9/c1-5-47-30(44)39-26(35)19-7-9-20(10-8-19)38-25(22-15-21(46-4)16-23(24(22)34)48-14-13-43)27-40-29(42(41-27)28-36-11-6-12-37-28)49-18-50-31(45)51-32(2,3)17-33/h6-12,15-16,25,38,43H,5,13-14,17-18H2,1-4H3,(H2,35,39,44)/t25-/m1/s1. The molecule has 0 fully saturated rings. The second kappa shape index (κ2) is 17.5. The van der Waals surface area contributed by atoms with Crippen LogP contribution >= 0.6 is 0 Å². The van der Waals surface area contributed by atoms with Crippen LogP contribution in [0.4, 0.5) is 24.1 Å². The first-order valence-electron chi connectivity index (χ1n) is 15.3. The second-order valence-electron chi connectivity index (χ2n) is 10.8. The van der Waals surface area contributed by atoms with Crippen LogP contribution in [0.25, 0.3) is 5.95 Å². The number of halogens is 2. The number of benzene rings is 2. The Hall–Kier alpha value is -6.11. The summed E-state index contributed by atoms with van der Waals surface area (Å²) in [6.07, 6.45) is 0.810. The van der Waals surface area contributed by atoms with Gasteiger partial charge in [0.25, 0.3) is 5.95 Å². The molecule has 2 aromatic carbocycles. The van der Waals surface area contributed by atoms with E-state index in [1.165, 1.54) is 45.5 Å². The van der Waals surface area contributed by atoms with E-state index in [1.54, 1.807) is 37.3 Å². The Kier molecular flexibility index (Phi) is 13.0. The Morgan fingerprint density at radius 3 is 2.49 bits per heavy atom. The van der Waals surface area contributed by atoms with E-state index in [0.717, 1.165) is 4.68 Å². The molecule has 4 aromatic rings. The minimum absolute atomic E-state index is 0.00932. The van der Waals surface area contributed by atoms with Crippen LogP contribution in [0.1, 0.15) is 43.8 Å². The first-order valence-corrected chi connectivity index (χ1v) is 15.3. The molecule has 0 spiro atoms. The first-order chi connectivity index (χ1) is 24.5. The van der Waals surface area contributed by atoms with Crippen molar-refractivity contribution >= 4 is 23.8 Å². The summed E-state index contributed by atoms with van der Waals surface area (Å²) in [6.45, 7) is 2.18. The molecule has 2 heterocycles. The third-order valence-corrected chi connectivity index (χ3v) is 6.55. The molecular weight excluding hydrogens is 678 g/mol. The van der Waals surface area contributed by atoms with Crippen LogP contribution in [-0.2, 0) is 14.2 Å². The number of methoxy groups -OCH3 is 1. The molecule has 0 unspecified atom stereocenters. The minimum atomic E-state index is -1.43. The molecule has 0 aliphatic carbocycles. The van der Waals surface area contributed by atoms with Crippen molar-refractivity contribution in [2.75, 3.05) is 45.7 Å². The zero-order valence-corrected chi connectivity index (χ0v) is 28.0. The van der Waals surface area contributed by atoms with Crippen LogP contribution in [0.15, 0.2) is 59.9 Å². The maximum atomic E-state index is 16.2. The van der Waals surface area contributed by atoms with E-state index in [4.69, 9.17) is 34.2 Å². The van der Waals surface area contributed by atoms with Gasteiger partial charge in [0.15, 0.2) is 17.4 Å². The second-order valence-corrected chi connectivity index (χ2v) is 10.8. The van der Waals surface area contributed by atoms with Crippen LogP contribution in [0.3, 0.4) is 0 Å². The number of aliphatic hydroxyl groups is 1. The number of nitrogens with one attached hydrogen (secondary N) is 1. The number of rotatable bonds is 16. The summed E-state index contributed by atoms with van der Waals surface area (Å²) in [5.41, 5.74) is 5.28. The number of hydrogen-bond acceptors (Lipinski definition) is 14. The Morgan fingerprint density at radius 1 is 1.12 bits per heavy atom. The average Bonchev–Trinajstić information content (AvgIpc) is 3.54. The number of aliphatic imine (C=N–C) groups is 1. The number of alkyl halides is 1. The third-order valence-electron chi connectivity index (χ3n) is 6.55. The fourth-order valence-electron chi connectivity index (χ4n) is 4.16. The van der Waals surface area contributed by atoms with Crippen molar-refractivity contribution in [3.05, 3.63) is 77.6 Å². The van der Waals surface area contributed by atoms with Crippen molar-refractivity contribution in [3.63, 3.8) is 0 Å². The van der Waals surface area contributed by atoms with Crippen LogP contribution in [0.2, 0.25) is 0 Å². The fraction of sp³-hybridized carbons (Fsp3) is 0.344. The van der Waals surface area contributed by atoms with Gasteiger partial charge < -0.3 is 44.6 Å². The predicted molar refractivity (Wildman–Crippen MR) is 175 cm³/mol. The number of ether oxygens (including phenoxy) is 6. The molecule has 0 radical (unpaired) electrons. The van der Waals surface area contributed by atoms with Crippen molar-refractivity contribution in [2.24, 2.45) is 10.7 Å². The zero-order chi connectivity index (χ0) is 37.0. The van der Waals surface area contributed by atoms with Crippen LogP contribution < -0.4 is 25.3 Å². The lowest BCUT2D eigenvalue weighted by Crippen LogP contribution is -2.31. The third kappa shape index (κ3) is 10.2. The van der Waals surface area contributed by atoms with Crippen LogP contribution in [-0.4, -0.2) is 93.9 Å². The molecule has 0 aliphatic heterocycles. The first kappa shape index (κ1) is 37.7. The molecule has 272 valence electrons. The fourth-order valence-corrected chi connectivity index (χ4v) is 4.16.